The SMILES string of the molecule is CCCC(N)C(=O)NCc1nc2ccccc2s1.Cl. The summed E-state index contributed by atoms with van der Waals surface area (Å²) in [6.45, 7) is 2.47. The van der Waals surface area contributed by atoms with E-state index in [0.29, 0.717) is 13.0 Å². The summed E-state index contributed by atoms with van der Waals surface area (Å²) in [5.41, 5.74) is 6.71. The summed E-state index contributed by atoms with van der Waals surface area (Å²) in [6.07, 6.45) is 1.63. The molecule has 1 aromatic heterocycles. The fourth-order valence-corrected chi connectivity index (χ4v) is 2.64. The van der Waals surface area contributed by atoms with E-state index in [1.165, 1.54) is 0 Å². The second-order valence-corrected chi connectivity index (χ2v) is 5.30. The van der Waals surface area contributed by atoms with E-state index in [1.54, 1.807) is 11.3 Å². The van der Waals surface area contributed by atoms with Crippen LogP contribution in [0.4, 0.5) is 0 Å². The number of amides is 1. The molecule has 0 fully saturated rings. The normalized spacial score (nSPS) is 11.9. The minimum absolute atomic E-state index is 0. The number of rotatable bonds is 5. The number of nitrogens with zero attached hydrogens (tertiary/aromatic N) is 1. The van der Waals surface area contributed by atoms with Gasteiger partial charge in [-0.25, -0.2) is 4.98 Å². The van der Waals surface area contributed by atoms with Gasteiger partial charge >= 0.3 is 0 Å². The average molecular weight is 300 g/mol. The molecule has 0 saturated carbocycles. The molecule has 104 valence electrons. The number of fused-ring (bicyclic) bond motifs is 1. The maximum Gasteiger partial charge on any atom is 0.237 e. The van der Waals surface area contributed by atoms with Crippen LogP contribution in [0, 0.1) is 0 Å². The van der Waals surface area contributed by atoms with Crippen LogP contribution in [0.5, 0.6) is 0 Å². The van der Waals surface area contributed by atoms with E-state index in [1.807, 2.05) is 31.2 Å². The zero-order chi connectivity index (χ0) is 13.0. The maximum absolute atomic E-state index is 11.7. The zero-order valence-electron chi connectivity index (χ0n) is 10.8. The molecule has 0 radical (unpaired) electrons. The minimum Gasteiger partial charge on any atom is -0.348 e. The largest absolute Gasteiger partial charge is 0.348 e. The molecule has 6 heteroatoms. The summed E-state index contributed by atoms with van der Waals surface area (Å²) in [4.78, 5) is 16.1. The van der Waals surface area contributed by atoms with Crippen LogP contribution < -0.4 is 11.1 Å². The first-order valence-corrected chi connectivity index (χ1v) is 6.90. The second kappa shape index (κ2) is 7.43. The highest BCUT2D eigenvalue weighted by molar-refractivity contribution is 7.18. The number of benzene rings is 1. The number of nitrogens with two attached hydrogens (primary N) is 1. The van der Waals surface area contributed by atoms with Crippen molar-refractivity contribution in [2.75, 3.05) is 0 Å². The van der Waals surface area contributed by atoms with Crippen molar-refractivity contribution in [3.05, 3.63) is 29.3 Å². The molecule has 1 amide bonds. The first kappa shape index (κ1) is 15.9. The predicted octanol–water partition coefficient (Wildman–Crippen LogP) is 2.46. The van der Waals surface area contributed by atoms with Crippen molar-refractivity contribution in [1.29, 1.82) is 0 Å². The maximum atomic E-state index is 11.7. The van der Waals surface area contributed by atoms with Gasteiger partial charge < -0.3 is 11.1 Å². The van der Waals surface area contributed by atoms with E-state index in [9.17, 15) is 4.79 Å². The quantitative estimate of drug-likeness (QED) is 0.891. The van der Waals surface area contributed by atoms with Crippen LogP contribution in [0.15, 0.2) is 24.3 Å². The summed E-state index contributed by atoms with van der Waals surface area (Å²) in [7, 11) is 0. The van der Waals surface area contributed by atoms with Gasteiger partial charge in [0, 0.05) is 0 Å². The monoisotopic (exact) mass is 299 g/mol. The van der Waals surface area contributed by atoms with Gasteiger partial charge in [0.2, 0.25) is 5.91 Å². The Balaban J connectivity index is 0.00000180. The van der Waals surface area contributed by atoms with Gasteiger partial charge in [0.25, 0.3) is 0 Å². The van der Waals surface area contributed by atoms with E-state index in [-0.39, 0.29) is 18.3 Å². The van der Waals surface area contributed by atoms with Crippen molar-refractivity contribution in [3.8, 4) is 0 Å². The van der Waals surface area contributed by atoms with E-state index >= 15 is 0 Å². The van der Waals surface area contributed by atoms with Crippen molar-refractivity contribution < 1.29 is 4.79 Å². The molecule has 0 saturated heterocycles. The van der Waals surface area contributed by atoms with Gasteiger partial charge in [-0.1, -0.05) is 25.5 Å². The van der Waals surface area contributed by atoms with Crippen molar-refractivity contribution >= 4 is 39.9 Å². The van der Waals surface area contributed by atoms with Crippen LogP contribution in [-0.4, -0.2) is 16.9 Å². The van der Waals surface area contributed by atoms with E-state index in [0.717, 1.165) is 21.6 Å². The molecule has 3 N–H and O–H groups in total. The summed E-state index contributed by atoms with van der Waals surface area (Å²) in [5, 5.41) is 3.74. The molecule has 19 heavy (non-hydrogen) atoms. The lowest BCUT2D eigenvalue weighted by atomic mass is 10.2. The third-order valence-corrected chi connectivity index (χ3v) is 3.72. The van der Waals surface area contributed by atoms with Crippen molar-refractivity contribution in [1.82, 2.24) is 10.3 Å². The van der Waals surface area contributed by atoms with Gasteiger partial charge in [0.1, 0.15) is 5.01 Å². The molecular weight excluding hydrogens is 282 g/mol. The lowest BCUT2D eigenvalue weighted by molar-refractivity contribution is -0.122. The molecule has 0 aliphatic heterocycles. The van der Waals surface area contributed by atoms with E-state index < -0.39 is 6.04 Å². The Morgan fingerprint density at radius 1 is 1.47 bits per heavy atom. The number of hydrogen-bond acceptors (Lipinski definition) is 4. The van der Waals surface area contributed by atoms with Crippen LogP contribution in [-0.2, 0) is 11.3 Å². The fourth-order valence-electron chi connectivity index (χ4n) is 1.73. The summed E-state index contributed by atoms with van der Waals surface area (Å²) in [6, 6.07) is 7.53. The third-order valence-electron chi connectivity index (χ3n) is 2.69. The smallest absolute Gasteiger partial charge is 0.237 e. The van der Waals surface area contributed by atoms with E-state index in [2.05, 4.69) is 10.3 Å². The highest BCUT2D eigenvalue weighted by Crippen LogP contribution is 2.21. The Bertz CT molecular complexity index is 510. The number of thiazole rings is 1. The standard InChI is InChI=1S/C13H17N3OS.ClH/c1-2-5-9(14)13(17)15-8-12-16-10-6-3-4-7-11(10)18-12;/h3-4,6-7,9H,2,5,8,14H2,1H3,(H,15,17);1H. The Morgan fingerprint density at radius 3 is 2.89 bits per heavy atom. The molecule has 0 spiro atoms. The summed E-state index contributed by atoms with van der Waals surface area (Å²) < 4.78 is 1.14. The van der Waals surface area contributed by atoms with Crippen molar-refractivity contribution in [2.45, 2.75) is 32.4 Å². The summed E-state index contributed by atoms with van der Waals surface area (Å²) >= 11 is 1.60. The molecular formula is C13H18ClN3OS. The number of nitrogens with one attached hydrogen (secondary N) is 1. The first-order chi connectivity index (χ1) is 8.70. The zero-order valence-corrected chi connectivity index (χ0v) is 12.4. The second-order valence-electron chi connectivity index (χ2n) is 4.19. The summed E-state index contributed by atoms with van der Waals surface area (Å²) in [5.74, 6) is -0.101. The molecule has 0 aliphatic carbocycles. The average Bonchev–Trinajstić information content (AvgIpc) is 2.78. The van der Waals surface area contributed by atoms with Crippen LogP contribution in [0.2, 0.25) is 0 Å². The molecule has 1 atom stereocenters. The Kier molecular flexibility index (Phi) is 6.21. The molecule has 4 nitrogen and oxygen atoms in total. The number of para-hydroxylation sites is 1. The van der Waals surface area contributed by atoms with Gasteiger partial charge in [-0.05, 0) is 18.6 Å². The van der Waals surface area contributed by atoms with Gasteiger partial charge in [-0.3, -0.25) is 4.79 Å². The van der Waals surface area contributed by atoms with Gasteiger partial charge in [0.05, 0.1) is 22.8 Å². The topological polar surface area (TPSA) is 68.0 Å². The van der Waals surface area contributed by atoms with Gasteiger partial charge in [-0.2, -0.15) is 0 Å². The lowest BCUT2D eigenvalue weighted by Gasteiger charge is -2.09. The molecule has 1 heterocycles. The Morgan fingerprint density at radius 2 is 2.21 bits per heavy atom. The molecule has 2 rings (SSSR count). The Hall–Kier alpha value is -1.17. The van der Waals surface area contributed by atoms with Gasteiger partial charge in [-0.15, -0.1) is 23.7 Å². The van der Waals surface area contributed by atoms with Gasteiger partial charge in [0.15, 0.2) is 0 Å². The molecule has 1 unspecified atom stereocenters. The number of carbonyl (C=O) groups is 1. The van der Waals surface area contributed by atoms with Crippen LogP contribution in [0.25, 0.3) is 10.2 Å². The first-order valence-electron chi connectivity index (χ1n) is 6.08. The van der Waals surface area contributed by atoms with Crippen LogP contribution in [0.3, 0.4) is 0 Å². The fraction of sp³-hybridized carbons (Fsp3) is 0.385. The highest BCUT2D eigenvalue weighted by atomic mass is 35.5. The number of halogens is 1. The van der Waals surface area contributed by atoms with Crippen molar-refractivity contribution in [2.24, 2.45) is 5.73 Å². The number of carbonyl (C=O) groups excluding carboxylic acids is 1. The highest BCUT2D eigenvalue weighted by Gasteiger charge is 2.12. The molecule has 1 aromatic carbocycles. The van der Waals surface area contributed by atoms with Crippen molar-refractivity contribution in [3.63, 3.8) is 0 Å². The lowest BCUT2D eigenvalue weighted by Crippen LogP contribution is -2.40. The predicted molar refractivity (Wildman–Crippen MR) is 81.6 cm³/mol. The van der Waals surface area contributed by atoms with Crippen LogP contribution >= 0.6 is 23.7 Å². The molecule has 0 aliphatic rings. The van der Waals surface area contributed by atoms with Crippen LogP contribution in [0.1, 0.15) is 24.8 Å². The number of hydrogen-bond donors (Lipinski definition) is 2. The third kappa shape index (κ3) is 4.16. The Labute approximate surface area is 122 Å². The van der Waals surface area contributed by atoms with E-state index in [4.69, 9.17) is 5.73 Å². The minimum atomic E-state index is -0.413. The number of aromatic nitrogens is 1. The molecule has 2 aromatic rings. The molecule has 0 bridgehead atoms.